The summed E-state index contributed by atoms with van der Waals surface area (Å²) in [5.74, 6) is -6.65. The fourth-order valence-corrected chi connectivity index (χ4v) is 6.36. The first-order valence-electron chi connectivity index (χ1n) is 16.4. The largest absolute Gasteiger partial charge is 0.490 e. The van der Waals surface area contributed by atoms with Crippen LogP contribution in [0.25, 0.3) is 0 Å². The van der Waals surface area contributed by atoms with Crippen molar-refractivity contribution >= 4 is 23.8 Å². The molecule has 1 saturated heterocycles. The van der Waals surface area contributed by atoms with Gasteiger partial charge in [0.25, 0.3) is 0 Å². The molecule has 0 spiro atoms. The number of nitrogens with zero attached hydrogens (tertiary/aromatic N) is 2. The van der Waals surface area contributed by atoms with E-state index in [9.17, 15) is 49.1 Å². The first-order chi connectivity index (χ1) is 24.7. The van der Waals surface area contributed by atoms with E-state index in [1.807, 2.05) is 32.9 Å². The highest BCUT2D eigenvalue weighted by molar-refractivity contribution is 5.89. The van der Waals surface area contributed by atoms with Crippen LogP contribution in [0, 0.1) is 17.3 Å². The second-order valence-corrected chi connectivity index (χ2v) is 14.0. The number of carbonyl (C=O) groups excluding carboxylic acids is 2. The van der Waals surface area contributed by atoms with Crippen molar-refractivity contribution in [3.63, 3.8) is 0 Å². The van der Waals surface area contributed by atoms with Crippen molar-refractivity contribution in [3.8, 4) is 0 Å². The van der Waals surface area contributed by atoms with Crippen LogP contribution in [-0.2, 0) is 52.5 Å². The molecule has 21 heteroatoms. The summed E-state index contributed by atoms with van der Waals surface area (Å²) >= 11 is 0. The number of pyridine rings is 1. The van der Waals surface area contributed by atoms with Crippen molar-refractivity contribution in [2.24, 2.45) is 17.3 Å². The van der Waals surface area contributed by atoms with Crippen LogP contribution in [0.2, 0.25) is 0 Å². The van der Waals surface area contributed by atoms with Crippen LogP contribution < -0.4 is 5.32 Å². The average molecular weight is 794 g/mol. The number of fused-ring (bicyclic) bond motifs is 1. The van der Waals surface area contributed by atoms with Gasteiger partial charge in [-0.25, -0.2) is 9.59 Å². The number of esters is 1. The minimum Gasteiger partial charge on any atom is -0.475 e. The SMILES string of the molecule is COC1COCC[C@@H]1N[C@@H]1C=C[C@@](C(=O)N2CCc3ncc(C(F)(F)F)cc3C2)(C2CC2C(=O)OC(C)(C)C)C1.O=C(O)C(F)(F)F.O=C(O)C(F)(F)F. The Labute approximate surface area is 303 Å². The third-order valence-electron chi connectivity index (χ3n) is 8.92. The zero-order valence-electron chi connectivity index (χ0n) is 29.4. The lowest BCUT2D eigenvalue weighted by Crippen LogP contribution is -2.52. The van der Waals surface area contributed by atoms with Gasteiger partial charge in [-0.3, -0.25) is 14.6 Å². The molecular formula is C33H40F9N3O9. The van der Waals surface area contributed by atoms with Crippen LogP contribution in [0.4, 0.5) is 39.5 Å². The Hall–Kier alpha value is -3.98. The number of ether oxygens (including phenoxy) is 3. The molecule has 0 aromatic carbocycles. The van der Waals surface area contributed by atoms with Crippen molar-refractivity contribution in [2.75, 3.05) is 26.9 Å². The third kappa shape index (κ3) is 11.8. The highest BCUT2D eigenvalue weighted by Gasteiger charge is 2.62. The number of methoxy groups -OCH3 is 1. The molecule has 5 rings (SSSR count). The molecule has 2 fully saturated rings. The maximum absolute atomic E-state index is 14.3. The van der Waals surface area contributed by atoms with Gasteiger partial charge in [0.1, 0.15) is 5.60 Å². The van der Waals surface area contributed by atoms with Crippen LogP contribution in [-0.4, -0.2) is 107 Å². The molecule has 2 aliphatic carbocycles. The van der Waals surface area contributed by atoms with Crippen molar-refractivity contribution in [3.05, 3.63) is 41.2 Å². The summed E-state index contributed by atoms with van der Waals surface area (Å²) in [5, 5.41) is 17.9. The van der Waals surface area contributed by atoms with Crippen molar-refractivity contribution < 1.29 is 83.1 Å². The zero-order chi connectivity index (χ0) is 41.0. The maximum atomic E-state index is 14.3. The molecule has 6 atom stereocenters. The lowest BCUT2D eigenvalue weighted by Gasteiger charge is -2.38. The molecule has 0 bridgehead atoms. The molecule has 1 aromatic heterocycles. The van der Waals surface area contributed by atoms with Gasteiger partial charge in [0.2, 0.25) is 5.91 Å². The Kier molecular flexibility index (Phi) is 13.8. The number of rotatable bonds is 6. The lowest BCUT2D eigenvalue weighted by atomic mass is 9.78. The Bertz CT molecular complexity index is 1540. The molecule has 3 N–H and O–H groups in total. The molecule has 304 valence electrons. The third-order valence-corrected chi connectivity index (χ3v) is 8.92. The Morgan fingerprint density at radius 3 is 2.11 bits per heavy atom. The molecule has 1 amide bonds. The molecule has 1 saturated carbocycles. The molecule has 0 radical (unpaired) electrons. The monoisotopic (exact) mass is 793 g/mol. The smallest absolute Gasteiger partial charge is 0.475 e. The van der Waals surface area contributed by atoms with E-state index in [-0.39, 0.29) is 42.5 Å². The minimum atomic E-state index is -5.08. The summed E-state index contributed by atoms with van der Waals surface area (Å²) in [5.41, 5.74) is -1.44. The molecule has 1 aromatic rings. The summed E-state index contributed by atoms with van der Waals surface area (Å²) in [7, 11) is 1.65. The standard InChI is InChI=1S/C29H38F3N3O5.2C2HF3O2/c1-27(2,3)40-25(36)20-12-21(20)28(8-5-19(13-28)34-23-7-10-39-16-24(23)38-4)26(37)35-9-6-22-17(15-35)11-18(14-33-22)29(30,31)32;2*3-2(4,5)1(6)7/h5,8,11,14,19-21,23-24,34H,6-7,9-10,12-13,15-16H2,1-4H3;2*(H,6,7)/t19-,20?,21?,23+,24?,28+;;/m1../s1. The van der Waals surface area contributed by atoms with Crippen LogP contribution in [0.5, 0.6) is 0 Å². The number of halogens is 9. The predicted octanol–water partition coefficient (Wildman–Crippen LogP) is 4.94. The van der Waals surface area contributed by atoms with E-state index in [2.05, 4.69) is 10.3 Å². The topological polar surface area (TPSA) is 165 Å². The quantitative estimate of drug-likeness (QED) is 0.203. The molecule has 3 unspecified atom stereocenters. The maximum Gasteiger partial charge on any atom is 0.490 e. The second kappa shape index (κ2) is 16.8. The number of hydrogen-bond donors (Lipinski definition) is 3. The normalized spacial score (nSPS) is 26.7. The molecular weight excluding hydrogens is 753 g/mol. The van der Waals surface area contributed by atoms with Crippen LogP contribution in [0.1, 0.15) is 56.9 Å². The number of carboxylic acids is 2. The Morgan fingerprint density at radius 2 is 1.59 bits per heavy atom. The van der Waals surface area contributed by atoms with E-state index in [1.165, 1.54) is 0 Å². The highest BCUT2D eigenvalue weighted by atomic mass is 19.4. The van der Waals surface area contributed by atoms with E-state index < -0.39 is 53.0 Å². The first kappa shape index (κ1) is 44.4. The number of carboxylic acid groups (broad SMARTS) is 2. The summed E-state index contributed by atoms with van der Waals surface area (Å²) < 4.78 is 120. The van der Waals surface area contributed by atoms with E-state index in [1.54, 1.807) is 12.0 Å². The Balaban J connectivity index is 0.000000476. The fraction of sp³-hybridized carbons (Fsp3) is 0.667. The van der Waals surface area contributed by atoms with E-state index >= 15 is 0 Å². The van der Waals surface area contributed by atoms with Crippen LogP contribution >= 0.6 is 0 Å². The fourth-order valence-electron chi connectivity index (χ4n) is 6.36. The number of aliphatic carboxylic acids is 2. The van der Waals surface area contributed by atoms with Gasteiger partial charge >= 0.3 is 36.4 Å². The van der Waals surface area contributed by atoms with Gasteiger partial charge in [0, 0.05) is 57.2 Å². The van der Waals surface area contributed by atoms with Crippen molar-refractivity contribution in [1.82, 2.24) is 15.2 Å². The van der Waals surface area contributed by atoms with E-state index in [0.29, 0.717) is 50.3 Å². The first-order valence-corrected chi connectivity index (χ1v) is 16.4. The van der Waals surface area contributed by atoms with Gasteiger partial charge in [-0.15, -0.1) is 0 Å². The van der Waals surface area contributed by atoms with Gasteiger partial charge < -0.3 is 34.6 Å². The minimum absolute atomic E-state index is 0.0499. The summed E-state index contributed by atoms with van der Waals surface area (Å²) in [4.78, 5) is 50.7. The van der Waals surface area contributed by atoms with Gasteiger partial charge in [-0.1, -0.05) is 12.2 Å². The molecule has 12 nitrogen and oxygen atoms in total. The van der Waals surface area contributed by atoms with Crippen molar-refractivity contribution in [1.29, 1.82) is 0 Å². The number of hydrogen-bond acceptors (Lipinski definition) is 9. The van der Waals surface area contributed by atoms with Gasteiger partial charge in [-0.2, -0.15) is 39.5 Å². The Morgan fingerprint density at radius 1 is 1.00 bits per heavy atom. The lowest BCUT2D eigenvalue weighted by molar-refractivity contribution is -0.193. The van der Waals surface area contributed by atoms with Gasteiger partial charge in [0.15, 0.2) is 0 Å². The predicted molar refractivity (Wildman–Crippen MR) is 166 cm³/mol. The zero-order valence-corrected chi connectivity index (χ0v) is 29.4. The summed E-state index contributed by atoms with van der Waals surface area (Å²) in [6, 6.07) is 1.02. The highest BCUT2D eigenvalue weighted by Crippen LogP contribution is 2.58. The molecule has 3 heterocycles. The summed E-state index contributed by atoms with van der Waals surface area (Å²) in [6.07, 6.45) is -7.90. The number of carbonyl (C=O) groups is 4. The molecule has 4 aliphatic rings. The number of nitrogens with one attached hydrogen (secondary N) is 1. The van der Waals surface area contributed by atoms with Crippen LogP contribution in [0.15, 0.2) is 24.4 Å². The van der Waals surface area contributed by atoms with Crippen molar-refractivity contribution in [2.45, 2.75) is 95.3 Å². The van der Waals surface area contributed by atoms with Gasteiger partial charge in [-0.05, 0) is 57.6 Å². The van der Waals surface area contributed by atoms with Crippen LogP contribution in [0.3, 0.4) is 0 Å². The molecule has 2 aliphatic heterocycles. The van der Waals surface area contributed by atoms with E-state index in [4.69, 9.17) is 34.0 Å². The number of amides is 1. The average Bonchev–Trinajstić information content (AvgIpc) is 3.76. The summed E-state index contributed by atoms with van der Waals surface area (Å²) in [6.45, 7) is 6.94. The van der Waals surface area contributed by atoms with E-state index in [0.717, 1.165) is 18.7 Å². The number of aromatic nitrogens is 1. The number of alkyl halides is 9. The second-order valence-electron chi connectivity index (χ2n) is 14.0. The molecule has 54 heavy (non-hydrogen) atoms. The van der Waals surface area contributed by atoms with Gasteiger partial charge in [0.05, 0.1) is 29.6 Å².